The number of nitrogens with one attached hydrogen (secondary N) is 2. The maximum absolute atomic E-state index is 11.9. The maximum Gasteiger partial charge on any atom is 0.315 e. The number of benzene rings is 1. The number of carbonyl (C=O) groups excluding carboxylic acids is 1. The highest BCUT2D eigenvalue weighted by molar-refractivity contribution is 6.30. The fourth-order valence-electron chi connectivity index (χ4n) is 2.72. The zero-order valence-electron chi connectivity index (χ0n) is 12.0. The summed E-state index contributed by atoms with van der Waals surface area (Å²) >= 11 is 5.84. The van der Waals surface area contributed by atoms with Crippen LogP contribution in [0.25, 0.3) is 0 Å². The fraction of sp³-hybridized carbons (Fsp3) is 0.562. The Bertz CT molecular complexity index is 433. The van der Waals surface area contributed by atoms with Gasteiger partial charge in [-0.15, -0.1) is 0 Å². The van der Waals surface area contributed by atoms with Crippen LogP contribution in [-0.2, 0) is 6.42 Å². The second-order valence-electron chi connectivity index (χ2n) is 5.64. The van der Waals surface area contributed by atoms with E-state index >= 15 is 0 Å². The van der Waals surface area contributed by atoms with Crippen molar-refractivity contribution in [1.29, 1.82) is 0 Å². The third-order valence-corrected chi connectivity index (χ3v) is 4.29. The third kappa shape index (κ3) is 4.71. The number of halogens is 1. The summed E-state index contributed by atoms with van der Waals surface area (Å²) in [4.78, 5) is 11.9. The number of carbonyl (C=O) groups is 1. The van der Waals surface area contributed by atoms with Crippen LogP contribution in [0.1, 0.15) is 38.2 Å². The van der Waals surface area contributed by atoms with Crippen molar-refractivity contribution < 1.29 is 4.79 Å². The highest BCUT2D eigenvalue weighted by Gasteiger charge is 2.22. The summed E-state index contributed by atoms with van der Waals surface area (Å²) in [5, 5.41) is 6.76. The minimum atomic E-state index is -0.0438. The lowest BCUT2D eigenvalue weighted by Gasteiger charge is -2.29. The topological polar surface area (TPSA) is 41.1 Å². The Morgan fingerprint density at radius 3 is 2.65 bits per heavy atom. The van der Waals surface area contributed by atoms with Crippen LogP contribution in [-0.4, -0.2) is 18.6 Å². The van der Waals surface area contributed by atoms with Gasteiger partial charge in [0.15, 0.2) is 0 Å². The van der Waals surface area contributed by atoms with E-state index in [9.17, 15) is 4.79 Å². The Hall–Kier alpha value is -1.22. The van der Waals surface area contributed by atoms with Gasteiger partial charge in [0.1, 0.15) is 0 Å². The first kappa shape index (κ1) is 15.2. The highest BCUT2D eigenvalue weighted by Crippen LogP contribution is 2.23. The summed E-state index contributed by atoms with van der Waals surface area (Å²) in [6.45, 7) is 2.87. The molecule has 0 aliphatic heterocycles. The van der Waals surface area contributed by atoms with Gasteiger partial charge in [-0.2, -0.15) is 0 Å². The molecule has 2 atom stereocenters. The van der Waals surface area contributed by atoms with Crippen molar-refractivity contribution >= 4 is 17.6 Å². The molecule has 0 unspecified atom stereocenters. The largest absolute Gasteiger partial charge is 0.338 e. The van der Waals surface area contributed by atoms with E-state index in [1.54, 1.807) is 0 Å². The van der Waals surface area contributed by atoms with Crippen LogP contribution in [0.15, 0.2) is 24.3 Å². The molecular formula is C16H23ClN2O. The minimum Gasteiger partial charge on any atom is -0.338 e. The Morgan fingerprint density at radius 1 is 1.25 bits per heavy atom. The van der Waals surface area contributed by atoms with Crippen LogP contribution in [0, 0.1) is 5.92 Å². The van der Waals surface area contributed by atoms with Crippen molar-refractivity contribution in [1.82, 2.24) is 10.6 Å². The van der Waals surface area contributed by atoms with Crippen molar-refractivity contribution in [3.8, 4) is 0 Å². The second-order valence-corrected chi connectivity index (χ2v) is 6.08. The first-order valence-electron chi connectivity index (χ1n) is 7.44. The third-order valence-electron chi connectivity index (χ3n) is 4.04. The van der Waals surface area contributed by atoms with Gasteiger partial charge in [-0.1, -0.05) is 43.5 Å². The van der Waals surface area contributed by atoms with Crippen LogP contribution >= 0.6 is 11.6 Å². The number of rotatable bonds is 4. The SMILES string of the molecule is C[C@@H]1CCCC[C@@H]1NC(=O)NCCc1ccc(Cl)cc1. The van der Waals surface area contributed by atoms with Gasteiger partial charge in [0.2, 0.25) is 0 Å². The lowest BCUT2D eigenvalue weighted by Crippen LogP contribution is -2.46. The Morgan fingerprint density at radius 2 is 1.95 bits per heavy atom. The normalized spacial score (nSPS) is 22.3. The smallest absolute Gasteiger partial charge is 0.315 e. The monoisotopic (exact) mass is 294 g/mol. The summed E-state index contributed by atoms with van der Waals surface area (Å²) < 4.78 is 0. The predicted octanol–water partition coefficient (Wildman–Crippen LogP) is 3.76. The Balaban J connectivity index is 1.68. The molecule has 0 bridgehead atoms. The van der Waals surface area contributed by atoms with Crippen LogP contribution in [0.5, 0.6) is 0 Å². The lowest BCUT2D eigenvalue weighted by molar-refractivity contribution is 0.222. The van der Waals surface area contributed by atoms with Gasteiger partial charge >= 0.3 is 6.03 Å². The van der Waals surface area contributed by atoms with Gasteiger partial charge in [0, 0.05) is 17.6 Å². The molecule has 1 aromatic carbocycles. The standard InChI is InChI=1S/C16H23ClN2O/c1-12-4-2-3-5-15(12)19-16(20)18-11-10-13-6-8-14(17)9-7-13/h6-9,12,15H,2-5,10-11H2,1H3,(H2,18,19,20)/t12-,15+/m1/s1. The highest BCUT2D eigenvalue weighted by atomic mass is 35.5. The van der Waals surface area contributed by atoms with Crippen molar-refractivity contribution in [3.63, 3.8) is 0 Å². The Kier molecular flexibility index (Phi) is 5.72. The van der Waals surface area contributed by atoms with E-state index in [2.05, 4.69) is 17.6 Å². The molecule has 2 rings (SSSR count). The molecule has 1 aliphatic carbocycles. The van der Waals surface area contributed by atoms with E-state index in [1.165, 1.54) is 24.8 Å². The second kappa shape index (κ2) is 7.53. The number of hydrogen-bond acceptors (Lipinski definition) is 1. The van der Waals surface area contributed by atoms with E-state index in [0.717, 1.165) is 17.9 Å². The Labute approximate surface area is 126 Å². The molecule has 4 heteroatoms. The first-order chi connectivity index (χ1) is 9.65. The molecule has 110 valence electrons. The molecule has 1 fully saturated rings. The van der Waals surface area contributed by atoms with Gasteiger partial charge in [-0.3, -0.25) is 0 Å². The van der Waals surface area contributed by atoms with Crippen LogP contribution in [0.4, 0.5) is 4.79 Å². The molecule has 0 heterocycles. The molecule has 2 amide bonds. The number of amides is 2. The van der Waals surface area contributed by atoms with E-state index in [-0.39, 0.29) is 6.03 Å². The van der Waals surface area contributed by atoms with Crippen LogP contribution < -0.4 is 10.6 Å². The molecule has 0 radical (unpaired) electrons. The van der Waals surface area contributed by atoms with Gasteiger partial charge in [0.25, 0.3) is 0 Å². The summed E-state index contributed by atoms with van der Waals surface area (Å²) in [6.07, 6.45) is 5.66. The van der Waals surface area contributed by atoms with Gasteiger partial charge < -0.3 is 10.6 Å². The van der Waals surface area contributed by atoms with E-state index in [4.69, 9.17) is 11.6 Å². The van der Waals surface area contributed by atoms with E-state index < -0.39 is 0 Å². The van der Waals surface area contributed by atoms with E-state index in [1.807, 2.05) is 24.3 Å². The van der Waals surface area contributed by atoms with Gasteiger partial charge in [0.05, 0.1) is 0 Å². The summed E-state index contributed by atoms with van der Waals surface area (Å²) in [5.41, 5.74) is 1.18. The van der Waals surface area contributed by atoms with Crippen molar-refractivity contribution in [2.45, 2.75) is 45.1 Å². The lowest BCUT2D eigenvalue weighted by atomic mass is 9.86. The summed E-state index contributed by atoms with van der Waals surface area (Å²) in [6, 6.07) is 8.02. The average molecular weight is 295 g/mol. The molecule has 2 N–H and O–H groups in total. The van der Waals surface area contributed by atoms with Crippen LogP contribution in [0.2, 0.25) is 5.02 Å². The molecule has 1 aliphatic rings. The molecular weight excluding hydrogens is 272 g/mol. The quantitative estimate of drug-likeness (QED) is 0.872. The molecule has 1 saturated carbocycles. The van der Waals surface area contributed by atoms with E-state index in [0.29, 0.717) is 18.5 Å². The average Bonchev–Trinajstić information content (AvgIpc) is 2.44. The molecule has 0 spiro atoms. The molecule has 3 nitrogen and oxygen atoms in total. The maximum atomic E-state index is 11.9. The van der Waals surface area contributed by atoms with Crippen molar-refractivity contribution in [3.05, 3.63) is 34.9 Å². The zero-order valence-corrected chi connectivity index (χ0v) is 12.7. The number of urea groups is 1. The predicted molar refractivity (Wildman–Crippen MR) is 83.1 cm³/mol. The van der Waals surface area contributed by atoms with Crippen molar-refractivity contribution in [2.75, 3.05) is 6.54 Å². The number of hydrogen-bond donors (Lipinski definition) is 2. The molecule has 20 heavy (non-hydrogen) atoms. The molecule has 0 aromatic heterocycles. The van der Waals surface area contributed by atoms with Crippen LogP contribution in [0.3, 0.4) is 0 Å². The van der Waals surface area contributed by atoms with Gasteiger partial charge in [-0.05, 0) is 42.9 Å². The van der Waals surface area contributed by atoms with Gasteiger partial charge in [-0.25, -0.2) is 4.79 Å². The summed E-state index contributed by atoms with van der Waals surface area (Å²) in [7, 11) is 0. The molecule has 0 saturated heterocycles. The summed E-state index contributed by atoms with van der Waals surface area (Å²) in [5.74, 6) is 0.589. The minimum absolute atomic E-state index is 0.0438. The zero-order chi connectivity index (χ0) is 14.4. The first-order valence-corrected chi connectivity index (χ1v) is 7.82. The van der Waals surface area contributed by atoms with Crippen molar-refractivity contribution in [2.24, 2.45) is 5.92 Å². The fourth-order valence-corrected chi connectivity index (χ4v) is 2.85. The molecule has 1 aromatic rings.